The average Bonchev–Trinajstić information content (AvgIpc) is 2.98. The Labute approximate surface area is 131 Å². The van der Waals surface area contributed by atoms with Crippen LogP contribution in [0.2, 0.25) is 0 Å². The van der Waals surface area contributed by atoms with Gasteiger partial charge in [0.25, 0.3) is 0 Å². The van der Waals surface area contributed by atoms with E-state index in [-0.39, 0.29) is 0 Å². The zero-order valence-corrected chi connectivity index (χ0v) is 12.9. The van der Waals surface area contributed by atoms with E-state index in [2.05, 4.69) is 28.9 Å². The molecule has 1 aliphatic heterocycles. The Bertz CT molecular complexity index is 645. The van der Waals surface area contributed by atoms with Crippen LogP contribution in [0.3, 0.4) is 0 Å². The lowest BCUT2D eigenvalue weighted by Gasteiger charge is -2.36. The van der Waals surface area contributed by atoms with Gasteiger partial charge in [-0.2, -0.15) is 13.2 Å². The molecule has 0 spiro atoms. The Morgan fingerprint density at radius 3 is 2.27 bits per heavy atom. The van der Waals surface area contributed by atoms with Gasteiger partial charge >= 0.3 is 6.18 Å². The van der Waals surface area contributed by atoms with Crippen LogP contribution in [-0.4, -0.2) is 31.2 Å². The third-order valence-corrected chi connectivity index (χ3v) is 4.88. The van der Waals surface area contributed by atoms with Crippen LogP contribution in [-0.2, 0) is 6.18 Å². The minimum atomic E-state index is -4.31. The van der Waals surface area contributed by atoms with Crippen LogP contribution < -0.4 is 9.80 Å². The third-order valence-electron chi connectivity index (χ3n) is 3.78. The fourth-order valence-corrected chi connectivity index (χ4v) is 3.43. The molecular weight excluding hydrogens is 311 g/mol. The fraction of sp³-hybridized carbons (Fsp3) is 0.400. The molecule has 2 heterocycles. The maximum atomic E-state index is 12.6. The number of halogens is 3. The number of rotatable bonds is 2. The molecule has 0 amide bonds. The molecule has 0 saturated carbocycles. The molecule has 0 unspecified atom stereocenters. The van der Waals surface area contributed by atoms with Crippen LogP contribution in [0.1, 0.15) is 10.4 Å². The normalized spacial score (nSPS) is 16.2. The predicted octanol–water partition coefficient (Wildman–Crippen LogP) is 3.80. The predicted molar refractivity (Wildman–Crippen MR) is 82.7 cm³/mol. The molecule has 22 heavy (non-hydrogen) atoms. The van der Waals surface area contributed by atoms with Gasteiger partial charge in [0.1, 0.15) is 4.88 Å². The van der Waals surface area contributed by atoms with E-state index in [0.717, 1.165) is 30.6 Å². The molecular formula is C15H16F3N3S. The van der Waals surface area contributed by atoms with E-state index in [1.54, 1.807) is 0 Å². The van der Waals surface area contributed by atoms with Crippen molar-refractivity contribution in [2.75, 3.05) is 36.0 Å². The molecule has 1 aromatic carbocycles. The van der Waals surface area contributed by atoms with Gasteiger partial charge in [0.2, 0.25) is 0 Å². The van der Waals surface area contributed by atoms with Crippen LogP contribution in [0.5, 0.6) is 0 Å². The highest BCUT2D eigenvalue weighted by atomic mass is 32.1. The topological polar surface area (TPSA) is 19.4 Å². The van der Waals surface area contributed by atoms with Crippen molar-refractivity contribution in [3.05, 3.63) is 40.9 Å². The van der Waals surface area contributed by atoms with Crippen molar-refractivity contribution in [1.29, 1.82) is 0 Å². The summed E-state index contributed by atoms with van der Waals surface area (Å²) in [5.41, 5.74) is 2.40. The Kier molecular flexibility index (Phi) is 3.99. The lowest BCUT2D eigenvalue weighted by Crippen LogP contribution is -2.46. The summed E-state index contributed by atoms with van der Waals surface area (Å²) in [5.74, 6) is 0. The highest BCUT2D eigenvalue weighted by Gasteiger charge is 2.34. The van der Waals surface area contributed by atoms with Gasteiger partial charge in [-0.3, -0.25) is 0 Å². The molecule has 1 aliphatic rings. The first-order valence-electron chi connectivity index (χ1n) is 7.04. The monoisotopic (exact) mass is 327 g/mol. The molecule has 1 saturated heterocycles. The molecule has 1 fully saturated rings. The summed E-state index contributed by atoms with van der Waals surface area (Å²) in [4.78, 5) is 7.49. The van der Waals surface area contributed by atoms with Crippen LogP contribution in [0.4, 0.5) is 24.0 Å². The summed E-state index contributed by atoms with van der Waals surface area (Å²) in [6, 6.07) is 8.16. The summed E-state index contributed by atoms with van der Waals surface area (Å²) in [6.45, 7) is 4.99. The minimum Gasteiger partial charge on any atom is -0.368 e. The average molecular weight is 327 g/mol. The van der Waals surface area contributed by atoms with E-state index in [4.69, 9.17) is 0 Å². The Morgan fingerprint density at radius 1 is 1.05 bits per heavy atom. The standard InChI is InChI=1S/C15H16F3N3S/c1-11-4-2-3-5-12(11)20-6-8-21(9-7-20)14-19-10-13(22-14)15(16,17)18/h2-5,10H,6-9H2,1H3. The van der Waals surface area contributed by atoms with Gasteiger partial charge in [-0.05, 0) is 18.6 Å². The number of aromatic nitrogens is 1. The van der Waals surface area contributed by atoms with Crippen molar-refractivity contribution in [3.8, 4) is 0 Å². The smallest absolute Gasteiger partial charge is 0.368 e. The number of nitrogens with zero attached hydrogens (tertiary/aromatic N) is 3. The number of hydrogen-bond acceptors (Lipinski definition) is 4. The van der Waals surface area contributed by atoms with Crippen LogP contribution in [0.15, 0.2) is 30.5 Å². The van der Waals surface area contributed by atoms with Gasteiger partial charge in [0, 0.05) is 31.9 Å². The third kappa shape index (κ3) is 3.04. The number of piperazine rings is 1. The quantitative estimate of drug-likeness (QED) is 0.836. The van der Waals surface area contributed by atoms with Crippen LogP contribution in [0, 0.1) is 6.92 Å². The van der Waals surface area contributed by atoms with Gasteiger partial charge in [-0.1, -0.05) is 29.5 Å². The summed E-state index contributed by atoms with van der Waals surface area (Å²) in [6.07, 6.45) is -3.38. The maximum Gasteiger partial charge on any atom is 0.427 e. The largest absolute Gasteiger partial charge is 0.427 e. The van der Waals surface area contributed by atoms with Gasteiger partial charge in [-0.15, -0.1) is 0 Å². The number of anilines is 2. The summed E-state index contributed by atoms with van der Waals surface area (Å²) in [7, 11) is 0. The van der Waals surface area contributed by atoms with Crippen molar-refractivity contribution in [1.82, 2.24) is 4.98 Å². The van der Waals surface area contributed by atoms with Crippen molar-refractivity contribution >= 4 is 22.2 Å². The Hall–Kier alpha value is -1.76. The molecule has 0 radical (unpaired) electrons. The van der Waals surface area contributed by atoms with Gasteiger partial charge in [0.15, 0.2) is 5.13 Å². The number of aryl methyl sites for hydroxylation is 1. The number of alkyl halides is 3. The van der Waals surface area contributed by atoms with Crippen molar-refractivity contribution in [2.24, 2.45) is 0 Å². The molecule has 0 N–H and O–H groups in total. The summed E-state index contributed by atoms with van der Waals surface area (Å²) >= 11 is 0.718. The van der Waals surface area contributed by atoms with E-state index >= 15 is 0 Å². The highest BCUT2D eigenvalue weighted by molar-refractivity contribution is 7.15. The fourth-order valence-electron chi connectivity index (χ4n) is 2.60. The van der Waals surface area contributed by atoms with Gasteiger partial charge < -0.3 is 9.80 Å². The molecule has 118 valence electrons. The first-order chi connectivity index (χ1) is 10.4. The van der Waals surface area contributed by atoms with E-state index in [0.29, 0.717) is 18.2 Å². The highest BCUT2D eigenvalue weighted by Crippen LogP contribution is 2.36. The SMILES string of the molecule is Cc1ccccc1N1CCN(c2ncc(C(F)(F)F)s2)CC1. The van der Waals surface area contributed by atoms with Crippen molar-refractivity contribution < 1.29 is 13.2 Å². The zero-order valence-electron chi connectivity index (χ0n) is 12.1. The van der Waals surface area contributed by atoms with Crippen LogP contribution >= 0.6 is 11.3 Å². The zero-order chi connectivity index (χ0) is 15.7. The van der Waals surface area contributed by atoms with E-state index in [1.165, 1.54) is 11.3 Å². The molecule has 1 aromatic heterocycles. The van der Waals surface area contributed by atoms with Crippen LogP contribution in [0.25, 0.3) is 0 Å². The molecule has 2 aromatic rings. The lowest BCUT2D eigenvalue weighted by molar-refractivity contribution is -0.134. The molecule has 0 atom stereocenters. The Balaban J connectivity index is 1.67. The molecule has 0 bridgehead atoms. The van der Waals surface area contributed by atoms with Crippen molar-refractivity contribution in [2.45, 2.75) is 13.1 Å². The summed E-state index contributed by atoms with van der Waals surface area (Å²) < 4.78 is 37.9. The second-order valence-electron chi connectivity index (χ2n) is 5.27. The minimum absolute atomic E-state index is 0.455. The maximum absolute atomic E-state index is 12.6. The molecule has 3 nitrogen and oxygen atoms in total. The van der Waals surface area contributed by atoms with Gasteiger partial charge in [-0.25, -0.2) is 4.98 Å². The molecule has 7 heteroatoms. The second kappa shape index (κ2) is 5.79. The first kappa shape index (κ1) is 15.1. The Morgan fingerprint density at radius 2 is 1.68 bits per heavy atom. The van der Waals surface area contributed by atoms with E-state index < -0.39 is 11.1 Å². The number of hydrogen-bond donors (Lipinski definition) is 0. The van der Waals surface area contributed by atoms with E-state index in [1.807, 2.05) is 17.0 Å². The molecule has 3 rings (SSSR count). The lowest BCUT2D eigenvalue weighted by atomic mass is 10.1. The number of benzene rings is 1. The van der Waals surface area contributed by atoms with Crippen molar-refractivity contribution in [3.63, 3.8) is 0 Å². The first-order valence-corrected chi connectivity index (χ1v) is 7.85. The van der Waals surface area contributed by atoms with Gasteiger partial charge in [0.05, 0.1) is 6.20 Å². The number of thiazole rings is 1. The second-order valence-corrected chi connectivity index (χ2v) is 6.27. The van der Waals surface area contributed by atoms with E-state index in [9.17, 15) is 13.2 Å². The summed E-state index contributed by atoms with van der Waals surface area (Å²) in [5, 5.41) is 0.455. The molecule has 0 aliphatic carbocycles. The number of para-hydroxylation sites is 1.